The highest BCUT2D eigenvalue weighted by atomic mass is 16.5. The van der Waals surface area contributed by atoms with Crippen LogP contribution in [0.15, 0.2) is 12.1 Å². The highest BCUT2D eigenvalue weighted by molar-refractivity contribution is 5.93. The maximum Gasteiger partial charge on any atom is 0.341 e. The number of methoxy groups -OCH3 is 1. The molecule has 0 N–H and O–H groups in total. The summed E-state index contributed by atoms with van der Waals surface area (Å²) in [5, 5.41) is 0. The van der Waals surface area contributed by atoms with Crippen LogP contribution in [0, 0.1) is 13.8 Å². The molecule has 0 aromatic heterocycles. The summed E-state index contributed by atoms with van der Waals surface area (Å²) >= 11 is 0. The van der Waals surface area contributed by atoms with E-state index in [4.69, 9.17) is 9.47 Å². The Labute approximate surface area is 154 Å². The first-order chi connectivity index (χ1) is 12.1. The largest absolute Gasteiger partial charge is 0.496 e. The molecule has 0 unspecified atom stereocenters. The summed E-state index contributed by atoms with van der Waals surface area (Å²) in [4.78, 5) is 12.2. The number of unbranched alkanes of at least 4 members (excludes halogenated alkanes) is 9. The van der Waals surface area contributed by atoms with Gasteiger partial charge in [-0.05, 0) is 37.5 Å². The van der Waals surface area contributed by atoms with E-state index < -0.39 is 0 Å². The average Bonchev–Trinajstić information content (AvgIpc) is 2.61. The molecule has 0 heterocycles. The quantitative estimate of drug-likeness (QED) is 0.306. The third-order valence-corrected chi connectivity index (χ3v) is 4.83. The minimum Gasteiger partial charge on any atom is -0.496 e. The number of carbonyl (C=O) groups is 1. The van der Waals surface area contributed by atoms with Crippen LogP contribution in [0.1, 0.15) is 92.6 Å². The molecule has 0 amide bonds. The molecule has 0 aliphatic carbocycles. The van der Waals surface area contributed by atoms with Gasteiger partial charge in [-0.1, -0.05) is 70.8 Å². The minimum absolute atomic E-state index is 0.282. The lowest BCUT2D eigenvalue weighted by atomic mass is 10.0. The highest BCUT2D eigenvalue weighted by Crippen LogP contribution is 2.26. The van der Waals surface area contributed by atoms with E-state index in [9.17, 15) is 4.79 Å². The first kappa shape index (κ1) is 21.5. The third-order valence-electron chi connectivity index (χ3n) is 4.83. The zero-order valence-electron chi connectivity index (χ0n) is 16.7. The van der Waals surface area contributed by atoms with Crippen LogP contribution >= 0.6 is 0 Å². The second-order valence-electron chi connectivity index (χ2n) is 6.91. The number of rotatable bonds is 13. The Kier molecular flexibility index (Phi) is 11.0. The summed E-state index contributed by atoms with van der Waals surface area (Å²) < 4.78 is 10.8. The molecule has 3 heteroatoms. The van der Waals surface area contributed by atoms with Gasteiger partial charge < -0.3 is 9.47 Å². The molecule has 0 aliphatic heterocycles. The molecule has 0 atom stereocenters. The van der Waals surface area contributed by atoms with E-state index in [0.717, 1.165) is 24.0 Å². The first-order valence-corrected chi connectivity index (χ1v) is 9.93. The molecule has 0 bridgehead atoms. The lowest BCUT2D eigenvalue weighted by Gasteiger charge is -2.13. The van der Waals surface area contributed by atoms with E-state index in [1.807, 2.05) is 19.9 Å². The number of hydrogen-bond acceptors (Lipinski definition) is 3. The van der Waals surface area contributed by atoms with Crippen molar-refractivity contribution in [1.29, 1.82) is 0 Å². The molecule has 3 nitrogen and oxygen atoms in total. The van der Waals surface area contributed by atoms with E-state index in [2.05, 4.69) is 6.92 Å². The average molecular weight is 349 g/mol. The van der Waals surface area contributed by atoms with Crippen molar-refractivity contribution in [2.75, 3.05) is 13.7 Å². The predicted molar refractivity (Wildman–Crippen MR) is 105 cm³/mol. The zero-order chi connectivity index (χ0) is 18.5. The summed E-state index contributed by atoms with van der Waals surface area (Å²) in [6.45, 7) is 6.72. The van der Waals surface area contributed by atoms with Crippen molar-refractivity contribution in [3.8, 4) is 5.75 Å². The van der Waals surface area contributed by atoms with Crippen molar-refractivity contribution < 1.29 is 14.3 Å². The lowest BCUT2D eigenvalue weighted by molar-refractivity contribution is 0.0494. The Morgan fingerprint density at radius 1 is 0.880 bits per heavy atom. The van der Waals surface area contributed by atoms with Gasteiger partial charge in [-0.15, -0.1) is 0 Å². The van der Waals surface area contributed by atoms with Crippen molar-refractivity contribution in [3.05, 3.63) is 28.8 Å². The number of ether oxygens (including phenoxy) is 2. The van der Waals surface area contributed by atoms with Gasteiger partial charge in [-0.3, -0.25) is 0 Å². The van der Waals surface area contributed by atoms with Crippen molar-refractivity contribution in [3.63, 3.8) is 0 Å². The molecular weight excluding hydrogens is 312 g/mol. The maximum atomic E-state index is 12.2. The Morgan fingerprint density at radius 3 is 2.00 bits per heavy atom. The highest BCUT2D eigenvalue weighted by Gasteiger charge is 2.16. The number of benzene rings is 1. The Morgan fingerprint density at radius 2 is 1.44 bits per heavy atom. The molecule has 0 aliphatic rings. The summed E-state index contributed by atoms with van der Waals surface area (Å²) in [7, 11) is 1.60. The van der Waals surface area contributed by atoms with Gasteiger partial charge >= 0.3 is 5.97 Å². The van der Waals surface area contributed by atoms with Gasteiger partial charge in [0, 0.05) is 0 Å². The van der Waals surface area contributed by atoms with Crippen LogP contribution in [-0.4, -0.2) is 19.7 Å². The molecule has 0 radical (unpaired) electrons. The van der Waals surface area contributed by atoms with Crippen molar-refractivity contribution in [2.24, 2.45) is 0 Å². The van der Waals surface area contributed by atoms with Crippen LogP contribution in [-0.2, 0) is 4.74 Å². The standard InChI is InChI=1S/C22H36O3/c1-5-6-7-8-9-10-11-12-13-14-17-25-22(23)20-16-15-18(2)19(3)21(20)24-4/h15-16H,5-14,17H2,1-4H3. The van der Waals surface area contributed by atoms with Crippen molar-refractivity contribution >= 4 is 5.97 Å². The fourth-order valence-electron chi connectivity index (χ4n) is 3.05. The van der Waals surface area contributed by atoms with E-state index in [-0.39, 0.29) is 5.97 Å². The normalized spacial score (nSPS) is 10.7. The number of hydrogen-bond donors (Lipinski definition) is 0. The Bertz CT molecular complexity index is 508. The van der Waals surface area contributed by atoms with Gasteiger partial charge in [0.2, 0.25) is 0 Å². The SMILES string of the molecule is CCCCCCCCCCCCOC(=O)c1ccc(C)c(C)c1OC. The summed E-state index contributed by atoms with van der Waals surface area (Å²) in [6, 6.07) is 3.73. The second kappa shape index (κ2) is 12.8. The van der Waals surface area contributed by atoms with E-state index in [1.54, 1.807) is 13.2 Å². The molecule has 142 valence electrons. The minimum atomic E-state index is -0.282. The summed E-state index contributed by atoms with van der Waals surface area (Å²) in [6.07, 6.45) is 12.7. The maximum absolute atomic E-state index is 12.2. The van der Waals surface area contributed by atoms with Crippen LogP contribution in [0.3, 0.4) is 0 Å². The van der Waals surface area contributed by atoms with Gasteiger partial charge in [-0.25, -0.2) is 4.79 Å². The topological polar surface area (TPSA) is 35.5 Å². The fraction of sp³-hybridized carbons (Fsp3) is 0.682. The molecule has 0 spiro atoms. The monoisotopic (exact) mass is 348 g/mol. The van der Waals surface area contributed by atoms with Gasteiger partial charge in [-0.2, -0.15) is 0 Å². The lowest BCUT2D eigenvalue weighted by Crippen LogP contribution is -2.09. The first-order valence-electron chi connectivity index (χ1n) is 9.93. The van der Waals surface area contributed by atoms with E-state index >= 15 is 0 Å². The molecule has 1 rings (SSSR count). The summed E-state index contributed by atoms with van der Waals surface area (Å²) in [5.41, 5.74) is 2.64. The van der Waals surface area contributed by atoms with Crippen LogP contribution in [0.5, 0.6) is 5.75 Å². The smallest absolute Gasteiger partial charge is 0.341 e. The van der Waals surface area contributed by atoms with Gasteiger partial charge in [0.1, 0.15) is 11.3 Å². The Hall–Kier alpha value is -1.51. The molecule has 0 saturated carbocycles. The van der Waals surface area contributed by atoms with Gasteiger partial charge in [0.25, 0.3) is 0 Å². The third kappa shape index (κ3) is 7.94. The second-order valence-corrected chi connectivity index (χ2v) is 6.91. The molecular formula is C22H36O3. The number of aryl methyl sites for hydroxylation is 1. The molecule has 0 saturated heterocycles. The van der Waals surface area contributed by atoms with Crippen molar-refractivity contribution in [1.82, 2.24) is 0 Å². The van der Waals surface area contributed by atoms with Crippen LogP contribution in [0.25, 0.3) is 0 Å². The Balaban J connectivity index is 2.16. The molecule has 0 fully saturated rings. The van der Waals surface area contributed by atoms with E-state index in [0.29, 0.717) is 17.9 Å². The number of carbonyl (C=O) groups excluding carboxylic acids is 1. The van der Waals surface area contributed by atoms with Crippen molar-refractivity contribution in [2.45, 2.75) is 85.0 Å². The van der Waals surface area contributed by atoms with Crippen LogP contribution in [0.2, 0.25) is 0 Å². The van der Waals surface area contributed by atoms with E-state index in [1.165, 1.54) is 51.4 Å². The molecule has 25 heavy (non-hydrogen) atoms. The number of esters is 1. The van der Waals surface area contributed by atoms with Crippen LogP contribution in [0.4, 0.5) is 0 Å². The van der Waals surface area contributed by atoms with Gasteiger partial charge in [0.15, 0.2) is 0 Å². The fourth-order valence-corrected chi connectivity index (χ4v) is 3.05. The van der Waals surface area contributed by atoms with Crippen LogP contribution < -0.4 is 4.74 Å². The predicted octanol–water partition coefficient (Wildman–Crippen LogP) is 6.39. The molecule has 1 aromatic carbocycles. The van der Waals surface area contributed by atoms with Gasteiger partial charge in [0.05, 0.1) is 13.7 Å². The molecule has 1 aromatic rings. The summed E-state index contributed by atoms with van der Waals surface area (Å²) in [5.74, 6) is 0.351. The zero-order valence-corrected chi connectivity index (χ0v) is 16.7.